The monoisotopic (exact) mass is 364 g/mol. The lowest BCUT2D eigenvalue weighted by Crippen LogP contribution is -2.52. The minimum atomic E-state index is -0.308. The molecule has 2 amide bonds. The summed E-state index contributed by atoms with van der Waals surface area (Å²) in [5.41, 5.74) is 0.886. The summed E-state index contributed by atoms with van der Waals surface area (Å²) in [6, 6.07) is 1.95. The van der Waals surface area contributed by atoms with Crippen LogP contribution >= 0.6 is 0 Å². The van der Waals surface area contributed by atoms with E-state index < -0.39 is 0 Å². The van der Waals surface area contributed by atoms with Gasteiger partial charge in [-0.2, -0.15) is 0 Å². The molecule has 0 aromatic carbocycles. The molecule has 1 aromatic heterocycles. The van der Waals surface area contributed by atoms with Gasteiger partial charge in [-0.05, 0) is 26.7 Å². The highest BCUT2D eigenvalue weighted by Gasteiger charge is 2.33. The molecule has 2 aliphatic rings. The van der Waals surface area contributed by atoms with Crippen LogP contribution in [0.4, 0.5) is 4.79 Å². The van der Waals surface area contributed by atoms with Gasteiger partial charge in [-0.1, -0.05) is 5.16 Å². The maximum Gasteiger partial charge on any atom is 0.409 e. The summed E-state index contributed by atoms with van der Waals surface area (Å²) in [6.07, 6.45) is 1.38. The van der Waals surface area contributed by atoms with Gasteiger partial charge in [0.05, 0.1) is 24.8 Å². The fourth-order valence-electron chi connectivity index (χ4n) is 3.66. The number of hydrogen-bond donors (Lipinski definition) is 0. The summed E-state index contributed by atoms with van der Waals surface area (Å²) in [5, 5.41) is 3.91. The molecule has 0 aliphatic carbocycles. The number of hydrogen-bond acceptors (Lipinski definition) is 6. The second-order valence-electron chi connectivity index (χ2n) is 7.02. The maximum atomic E-state index is 12.8. The number of rotatable bonds is 4. The van der Waals surface area contributed by atoms with Crippen LogP contribution in [0.15, 0.2) is 10.6 Å². The number of likely N-dealkylation sites (tertiary alicyclic amines) is 1. The van der Waals surface area contributed by atoms with Crippen molar-refractivity contribution in [1.29, 1.82) is 0 Å². The molecular weight excluding hydrogens is 336 g/mol. The van der Waals surface area contributed by atoms with Crippen molar-refractivity contribution in [3.63, 3.8) is 0 Å². The van der Waals surface area contributed by atoms with Crippen LogP contribution in [0.25, 0.3) is 0 Å². The van der Waals surface area contributed by atoms with E-state index in [0.717, 1.165) is 43.9 Å². The Kier molecular flexibility index (Phi) is 6.13. The maximum absolute atomic E-state index is 12.8. The molecule has 2 aliphatic heterocycles. The molecule has 0 N–H and O–H groups in total. The molecule has 1 unspecified atom stereocenters. The number of piperazine rings is 1. The van der Waals surface area contributed by atoms with E-state index in [0.29, 0.717) is 32.8 Å². The summed E-state index contributed by atoms with van der Waals surface area (Å²) in [4.78, 5) is 30.6. The Labute approximate surface area is 154 Å². The first-order valence-electron chi connectivity index (χ1n) is 9.42. The molecule has 26 heavy (non-hydrogen) atoms. The number of piperidine rings is 1. The van der Waals surface area contributed by atoms with Crippen molar-refractivity contribution in [2.24, 2.45) is 5.92 Å². The van der Waals surface area contributed by atoms with Gasteiger partial charge in [0.15, 0.2) is 5.76 Å². The van der Waals surface area contributed by atoms with Crippen molar-refractivity contribution in [1.82, 2.24) is 19.9 Å². The minimum absolute atomic E-state index is 0.114. The standard InChI is InChI=1S/C18H28N4O4/c1-3-25-18(24)22-6-4-5-15(12-22)17(23)21-9-7-20(8-10-21)13-16-11-14(2)19-26-16/h11,15H,3-10,12-13H2,1-2H3. The molecule has 0 radical (unpaired) electrons. The zero-order valence-electron chi connectivity index (χ0n) is 15.6. The van der Waals surface area contributed by atoms with Gasteiger partial charge in [-0.25, -0.2) is 4.79 Å². The van der Waals surface area contributed by atoms with Crippen LogP contribution < -0.4 is 0 Å². The highest BCUT2D eigenvalue weighted by atomic mass is 16.6. The van der Waals surface area contributed by atoms with Crippen molar-refractivity contribution in [3.8, 4) is 0 Å². The second-order valence-corrected chi connectivity index (χ2v) is 7.02. The lowest BCUT2D eigenvalue weighted by atomic mass is 9.96. The summed E-state index contributed by atoms with van der Waals surface area (Å²) in [7, 11) is 0. The number of aromatic nitrogens is 1. The first-order chi connectivity index (χ1) is 12.6. The third-order valence-corrected chi connectivity index (χ3v) is 5.04. The summed E-state index contributed by atoms with van der Waals surface area (Å²) in [5.74, 6) is 0.908. The van der Waals surface area contributed by atoms with Crippen LogP contribution in [0.1, 0.15) is 31.2 Å². The van der Waals surface area contributed by atoms with Crippen LogP contribution in [-0.2, 0) is 16.1 Å². The molecule has 8 nitrogen and oxygen atoms in total. The first-order valence-corrected chi connectivity index (χ1v) is 9.42. The fraction of sp³-hybridized carbons (Fsp3) is 0.722. The second kappa shape index (κ2) is 8.53. The molecule has 2 saturated heterocycles. The molecule has 2 fully saturated rings. The van der Waals surface area contributed by atoms with Crippen molar-refractivity contribution < 1.29 is 18.8 Å². The number of ether oxygens (including phenoxy) is 1. The third kappa shape index (κ3) is 4.55. The average Bonchev–Trinajstić information content (AvgIpc) is 3.07. The number of aryl methyl sites for hydroxylation is 1. The highest BCUT2D eigenvalue weighted by molar-refractivity contribution is 5.80. The Morgan fingerprint density at radius 2 is 2.00 bits per heavy atom. The first kappa shape index (κ1) is 18.7. The number of carbonyl (C=O) groups is 2. The van der Waals surface area contributed by atoms with E-state index in [9.17, 15) is 9.59 Å². The number of carbonyl (C=O) groups excluding carboxylic acids is 2. The highest BCUT2D eigenvalue weighted by Crippen LogP contribution is 2.21. The van der Waals surface area contributed by atoms with Gasteiger partial charge in [0.2, 0.25) is 5.91 Å². The molecule has 0 bridgehead atoms. The van der Waals surface area contributed by atoms with Crippen LogP contribution in [-0.4, -0.2) is 77.7 Å². The predicted molar refractivity (Wildman–Crippen MR) is 94.4 cm³/mol. The smallest absolute Gasteiger partial charge is 0.409 e. The van der Waals surface area contributed by atoms with Gasteiger partial charge in [0.25, 0.3) is 0 Å². The Morgan fingerprint density at radius 3 is 2.65 bits per heavy atom. The Morgan fingerprint density at radius 1 is 1.23 bits per heavy atom. The number of amides is 2. The van der Waals surface area contributed by atoms with E-state index in [1.807, 2.05) is 17.9 Å². The van der Waals surface area contributed by atoms with Crippen LogP contribution in [0.2, 0.25) is 0 Å². The summed E-state index contributed by atoms with van der Waals surface area (Å²) < 4.78 is 10.3. The Hall–Kier alpha value is -2.09. The number of nitrogens with zero attached hydrogens (tertiary/aromatic N) is 4. The third-order valence-electron chi connectivity index (χ3n) is 5.04. The van der Waals surface area contributed by atoms with E-state index >= 15 is 0 Å². The van der Waals surface area contributed by atoms with Gasteiger partial charge in [0, 0.05) is 45.3 Å². The molecule has 3 rings (SSSR count). The van der Waals surface area contributed by atoms with Gasteiger partial charge in [0.1, 0.15) is 0 Å². The zero-order chi connectivity index (χ0) is 18.5. The molecule has 144 valence electrons. The van der Waals surface area contributed by atoms with Crippen molar-refractivity contribution >= 4 is 12.0 Å². The molecular formula is C18H28N4O4. The van der Waals surface area contributed by atoms with Crippen molar-refractivity contribution in [3.05, 3.63) is 17.5 Å². The lowest BCUT2D eigenvalue weighted by molar-refractivity contribution is -0.139. The fourth-order valence-corrected chi connectivity index (χ4v) is 3.66. The van der Waals surface area contributed by atoms with E-state index in [1.165, 1.54) is 0 Å². The van der Waals surface area contributed by atoms with Gasteiger partial charge < -0.3 is 19.1 Å². The predicted octanol–water partition coefficient (Wildman–Crippen LogP) is 1.50. The topological polar surface area (TPSA) is 79.1 Å². The zero-order valence-corrected chi connectivity index (χ0v) is 15.6. The largest absolute Gasteiger partial charge is 0.450 e. The van der Waals surface area contributed by atoms with Crippen LogP contribution in [0, 0.1) is 12.8 Å². The quantitative estimate of drug-likeness (QED) is 0.805. The van der Waals surface area contributed by atoms with E-state index in [-0.39, 0.29) is 17.9 Å². The van der Waals surface area contributed by atoms with Gasteiger partial charge in [-0.3, -0.25) is 9.69 Å². The molecule has 0 saturated carbocycles. The molecule has 0 spiro atoms. The lowest BCUT2D eigenvalue weighted by Gasteiger charge is -2.38. The summed E-state index contributed by atoms with van der Waals surface area (Å²) in [6.45, 7) is 8.99. The summed E-state index contributed by atoms with van der Waals surface area (Å²) >= 11 is 0. The molecule has 3 heterocycles. The Bertz CT molecular complexity index is 624. The van der Waals surface area contributed by atoms with Crippen LogP contribution in [0.5, 0.6) is 0 Å². The minimum Gasteiger partial charge on any atom is -0.450 e. The van der Waals surface area contributed by atoms with Crippen molar-refractivity contribution in [2.45, 2.75) is 33.2 Å². The normalized spacial score (nSPS) is 21.7. The molecule has 1 aromatic rings. The van der Waals surface area contributed by atoms with Gasteiger partial charge >= 0.3 is 6.09 Å². The molecule has 1 atom stereocenters. The van der Waals surface area contributed by atoms with E-state index in [4.69, 9.17) is 9.26 Å². The average molecular weight is 364 g/mol. The molecule has 8 heteroatoms. The Balaban J connectivity index is 1.47. The SMILES string of the molecule is CCOC(=O)N1CCCC(C(=O)N2CCN(Cc3cc(C)no3)CC2)C1. The van der Waals surface area contributed by atoms with Crippen LogP contribution in [0.3, 0.4) is 0 Å². The van der Waals surface area contributed by atoms with Crippen molar-refractivity contribution in [2.75, 3.05) is 45.9 Å². The van der Waals surface area contributed by atoms with E-state index in [2.05, 4.69) is 10.1 Å². The van der Waals surface area contributed by atoms with E-state index in [1.54, 1.807) is 11.8 Å². The van der Waals surface area contributed by atoms with Gasteiger partial charge in [-0.15, -0.1) is 0 Å².